The van der Waals surface area contributed by atoms with E-state index in [1.54, 1.807) is 17.5 Å². The van der Waals surface area contributed by atoms with Crippen LogP contribution in [0.3, 0.4) is 0 Å². The Labute approximate surface area is 162 Å². The van der Waals surface area contributed by atoms with E-state index in [9.17, 15) is 8.42 Å². The number of thiazole rings is 1. The lowest BCUT2D eigenvalue weighted by Gasteiger charge is -2.34. The van der Waals surface area contributed by atoms with Gasteiger partial charge in [-0.05, 0) is 42.7 Å². The monoisotopic (exact) mass is 397 g/mol. The van der Waals surface area contributed by atoms with Gasteiger partial charge >= 0.3 is 0 Å². The predicted molar refractivity (Wildman–Crippen MR) is 109 cm³/mol. The lowest BCUT2D eigenvalue weighted by Crippen LogP contribution is -2.48. The molecular formula is C20H19N3O2S2. The molecule has 0 atom stereocenters. The molecule has 1 saturated heterocycles. The summed E-state index contributed by atoms with van der Waals surface area (Å²) in [5.41, 5.74) is 3.24. The average molecular weight is 398 g/mol. The molecule has 1 aliphatic carbocycles. The normalized spacial score (nSPS) is 19.9. The maximum Gasteiger partial charge on any atom is 0.159 e. The van der Waals surface area contributed by atoms with Crippen LogP contribution in [0, 0.1) is 0 Å². The van der Waals surface area contributed by atoms with Crippen molar-refractivity contribution in [3.8, 4) is 21.0 Å². The van der Waals surface area contributed by atoms with E-state index < -0.39 is 14.6 Å². The highest BCUT2D eigenvalue weighted by Crippen LogP contribution is 2.47. The molecule has 3 aromatic rings. The summed E-state index contributed by atoms with van der Waals surface area (Å²) >= 11 is 1.65. The molecule has 0 N–H and O–H groups in total. The van der Waals surface area contributed by atoms with Crippen LogP contribution in [0.15, 0.2) is 55.0 Å². The van der Waals surface area contributed by atoms with Crippen molar-refractivity contribution in [1.82, 2.24) is 9.97 Å². The fraction of sp³-hybridized carbons (Fsp3) is 0.300. The first-order valence-corrected chi connectivity index (χ1v) is 11.5. The highest BCUT2D eigenvalue weighted by atomic mass is 32.2. The van der Waals surface area contributed by atoms with E-state index in [-0.39, 0.29) is 5.75 Å². The molecule has 138 valence electrons. The summed E-state index contributed by atoms with van der Waals surface area (Å²) in [5, 5.41) is 0.957. The smallest absolute Gasteiger partial charge is 0.159 e. The fourth-order valence-corrected chi connectivity index (χ4v) is 6.55. The van der Waals surface area contributed by atoms with Crippen molar-refractivity contribution >= 4 is 26.9 Å². The average Bonchev–Trinajstić information content (AvgIpc) is 3.31. The summed E-state index contributed by atoms with van der Waals surface area (Å²) in [7, 11) is -2.92. The maximum atomic E-state index is 12.3. The second-order valence-corrected chi connectivity index (χ2v) is 10.8. The van der Waals surface area contributed by atoms with Crippen molar-refractivity contribution in [2.24, 2.45) is 0 Å². The zero-order chi connectivity index (χ0) is 18.5. The molecule has 1 aliphatic heterocycles. The van der Waals surface area contributed by atoms with Gasteiger partial charge in [0, 0.05) is 42.9 Å². The summed E-state index contributed by atoms with van der Waals surface area (Å²) in [4.78, 5) is 12.0. The molecule has 2 fully saturated rings. The molecule has 0 bridgehead atoms. The molecule has 3 heterocycles. The third-order valence-electron chi connectivity index (χ3n) is 5.51. The highest BCUT2D eigenvalue weighted by Gasteiger charge is 2.57. The fourth-order valence-electron chi connectivity index (χ4n) is 3.67. The van der Waals surface area contributed by atoms with Crippen molar-refractivity contribution < 1.29 is 8.42 Å². The molecule has 7 heteroatoms. The van der Waals surface area contributed by atoms with Crippen LogP contribution in [0.4, 0.5) is 5.69 Å². The third kappa shape index (κ3) is 2.95. The molecule has 2 aromatic heterocycles. The largest absolute Gasteiger partial charge is 0.369 e. The Balaban J connectivity index is 1.36. The third-order valence-corrected chi connectivity index (χ3v) is 9.18. The molecule has 2 aliphatic rings. The first kappa shape index (κ1) is 16.9. The number of sulfone groups is 1. The standard InChI is InChI=1S/C20H19N3O2S2/c24-27(25)11-10-23(14-20(27)7-8-20)17-5-3-15(4-6-17)18-13-22-19(26-18)16-2-1-9-21-12-16/h1-6,9,12-13H,7-8,10-11,14H2. The van der Waals surface area contributed by atoms with Crippen LogP contribution < -0.4 is 4.90 Å². The topological polar surface area (TPSA) is 63.2 Å². The van der Waals surface area contributed by atoms with Crippen LogP contribution >= 0.6 is 11.3 Å². The second kappa shape index (κ2) is 6.14. The minimum atomic E-state index is -2.92. The maximum absolute atomic E-state index is 12.3. The molecule has 0 unspecified atom stereocenters. The molecule has 5 nitrogen and oxygen atoms in total. The SMILES string of the molecule is O=S1(=O)CCN(c2ccc(-c3cnc(-c4cccnc4)s3)cc2)CC12CC2. The number of hydrogen-bond acceptors (Lipinski definition) is 6. The number of nitrogens with zero attached hydrogens (tertiary/aromatic N) is 3. The van der Waals surface area contributed by atoms with Crippen LogP contribution in [-0.4, -0.2) is 42.0 Å². The van der Waals surface area contributed by atoms with E-state index in [1.165, 1.54) is 0 Å². The van der Waals surface area contributed by atoms with Gasteiger partial charge in [0.1, 0.15) is 5.01 Å². The van der Waals surface area contributed by atoms with Crippen molar-refractivity contribution in [2.75, 3.05) is 23.7 Å². The Morgan fingerprint density at radius 2 is 1.85 bits per heavy atom. The van der Waals surface area contributed by atoms with Crippen LogP contribution in [0.2, 0.25) is 0 Å². The minimum Gasteiger partial charge on any atom is -0.369 e. The Kier molecular flexibility index (Phi) is 3.84. The van der Waals surface area contributed by atoms with Gasteiger partial charge in [0.05, 0.1) is 15.4 Å². The summed E-state index contributed by atoms with van der Waals surface area (Å²) in [5.74, 6) is 0.262. The Bertz CT molecular complexity index is 1070. The van der Waals surface area contributed by atoms with Crippen LogP contribution in [0.25, 0.3) is 21.0 Å². The number of anilines is 1. The van der Waals surface area contributed by atoms with E-state index in [2.05, 4.69) is 39.1 Å². The summed E-state index contributed by atoms with van der Waals surface area (Å²) < 4.78 is 24.1. The van der Waals surface area contributed by atoms with E-state index >= 15 is 0 Å². The van der Waals surface area contributed by atoms with Crippen LogP contribution in [-0.2, 0) is 9.84 Å². The zero-order valence-electron chi connectivity index (χ0n) is 14.7. The van der Waals surface area contributed by atoms with E-state index in [4.69, 9.17) is 0 Å². The number of aromatic nitrogens is 2. The summed E-state index contributed by atoms with van der Waals surface area (Å²) in [6, 6.07) is 12.3. The molecule has 27 heavy (non-hydrogen) atoms. The van der Waals surface area contributed by atoms with Crippen molar-refractivity contribution in [2.45, 2.75) is 17.6 Å². The Morgan fingerprint density at radius 1 is 1.04 bits per heavy atom. The van der Waals surface area contributed by atoms with Gasteiger partial charge in [-0.3, -0.25) is 4.98 Å². The van der Waals surface area contributed by atoms with Gasteiger partial charge in [0.15, 0.2) is 9.84 Å². The lowest BCUT2D eigenvalue weighted by atomic mass is 10.1. The summed E-state index contributed by atoms with van der Waals surface area (Å²) in [6.07, 6.45) is 7.09. The molecular weight excluding hydrogens is 378 g/mol. The Hall–Kier alpha value is -2.25. The molecule has 5 rings (SSSR count). The van der Waals surface area contributed by atoms with Crippen molar-refractivity contribution in [3.63, 3.8) is 0 Å². The van der Waals surface area contributed by atoms with Crippen LogP contribution in [0.1, 0.15) is 12.8 Å². The first-order chi connectivity index (χ1) is 13.1. The van der Waals surface area contributed by atoms with E-state index in [1.807, 2.05) is 24.5 Å². The summed E-state index contributed by atoms with van der Waals surface area (Å²) in [6.45, 7) is 1.20. The van der Waals surface area contributed by atoms with Gasteiger partial charge < -0.3 is 4.90 Å². The van der Waals surface area contributed by atoms with Gasteiger partial charge in [-0.2, -0.15) is 0 Å². The molecule has 1 spiro atoms. The van der Waals surface area contributed by atoms with Crippen molar-refractivity contribution in [3.05, 3.63) is 55.0 Å². The van der Waals surface area contributed by atoms with E-state index in [0.29, 0.717) is 13.1 Å². The molecule has 1 aromatic carbocycles. The minimum absolute atomic E-state index is 0.262. The Morgan fingerprint density at radius 3 is 2.56 bits per heavy atom. The number of pyridine rings is 1. The molecule has 0 radical (unpaired) electrons. The van der Waals surface area contributed by atoms with Gasteiger partial charge in [-0.15, -0.1) is 11.3 Å². The number of rotatable bonds is 3. The molecule has 1 saturated carbocycles. The van der Waals surface area contributed by atoms with Gasteiger partial charge in [-0.1, -0.05) is 12.1 Å². The first-order valence-electron chi connectivity index (χ1n) is 9.00. The van der Waals surface area contributed by atoms with E-state index in [0.717, 1.165) is 39.5 Å². The lowest BCUT2D eigenvalue weighted by molar-refractivity contribution is 0.559. The van der Waals surface area contributed by atoms with Crippen molar-refractivity contribution in [1.29, 1.82) is 0 Å². The van der Waals surface area contributed by atoms with Gasteiger partial charge in [0.25, 0.3) is 0 Å². The predicted octanol–water partition coefficient (Wildman–Crippen LogP) is 3.64. The molecule has 0 amide bonds. The number of hydrogen-bond donors (Lipinski definition) is 0. The quantitative estimate of drug-likeness (QED) is 0.675. The zero-order valence-corrected chi connectivity index (χ0v) is 16.3. The number of benzene rings is 1. The second-order valence-electron chi connectivity index (χ2n) is 7.24. The highest BCUT2D eigenvalue weighted by molar-refractivity contribution is 7.93. The van der Waals surface area contributed by atoms with Crippen LogP contribution in [0.5, 0.6) is 0 Å². The van der Waals surface area contributed by atoms with Gasteiger partial charge in [-0.25, -0.2) is 13.4 Å². The van der Waals surface area contributed by atoms with Gasteiger partial charge in [0.2, 0.25) is 0 Å².